The largest absolute Gasteiger partial charge is 0.508 e. The Morgan fingerprint density at radius 1 is 1.23 bits per heavy atom. The lowest BCUT2D eigenvalue weighted by atomic mass is 9.53. The van der Waals surface area contributed by atoms with E-state index in [-0.39, 0.29) is 11.2 Å². The molecule has 4 nitrogen and oxygen atoms in total. The molecule has 0 bridgehead atoms. The van der Waals surface area contributed by atoms with Gasteiger partial charge in [0.25, 0.3) is 0 Å². The van der Waals surface area contributed by atoms with Crippen molar-refractivity contribution in [2.45, 2.75) is 50.7 Å². The van der Waals surface area contributed by atoms with Crippen LogP contribution < -0.4 is 5.32 Å². The van der Waals surface area contributed by atoms with Crippen molar-refractivity contribution in [3.63, 3.8) is 0 Å². The molecule has 0 amide bonds. The molecule has 1 saturated heterocycles. The molecule has 4 heteroatoms. The van der Waals surface area contributed by atoms with Crippen LogP contribution in [0.5, 0.6) is 5.75 Å². The van der Waals surface area contributed by atoms with Crippen molar-refractivity contribution in [3.8, 4) is 5.75 Å². The van der Waals surface area contributed by atoms with Crippen molar-refractivity contribution < 1.29 is 14.6 Å². The monoisotopic (exact) mass is 357 g/mol. The Kier molecular flexibility index (Phi) is 3.90. The molecule has 1 aromatic rings. The number of aryl methyl sites for hydroxylation is 1. The fraction of sp³-hybridized carbons (Fsp3) is 0.727. The average molecular weight is 357 g/mol. The quantitative estimate of drug-likeness (QED) is 0.851. The van der Waals surface area contributed by atoms with Crippen molar-refractivity contribution in [1.82, 2.24) is 5.32 Å². The molecule has 142 valence electrons. The number of phenols is 1. The minimum absolute atomic E-state index is 0.112. The molecule has 2 saturated carbocycles. The third-order valence-electron chi connectivity index (χ3n) is 8.09. The molecule has 5 atom stereocenters. The summed E-state index contributed by atoms with van der Waals surface area (Å²) in [5, 5.41) is 13.3. The van der Waals surface area contributed by atoms with Gasteiger partial charge in [0.15, 0.2) is 5.79 Å². The standard InChI is InChI=1S/C22H31NO3/c1-21-8-7-18-17-6-4-16(24)11-14(17)3-5-19(18)20(21)15(13-23-2)12-22(21)25-9-10-26-22/h4,6,11,15,18-20,23-24H,3,5,7-10,12-13H2,1-2H3/t15-,18-,19-,20+,21+/m1/s1. The first-order chi connectivity index (χ1) is 12.6. The summed E-state index contributed by atoms with van der Waals surface area (Å²) < 4.78 is 12.7. The van der Waals surface area contributed by atoms with Crippen molar-refractivity contribution in [3.05, 3.63) is 29.3 Å². The number of rotatable bonds is 2. The van der Waals surface area contributed by atoms with Crippen LogP contribution in [0.25, 0.3) is 0 Å². The van der Waals surface area contributed by atoms with E-state index in [2.05, 4.69) is 25.4 Å². The Balaban J connectivity index is 1.54. The second-order valence-corrected chi connectivity index (χ2v) is 9.15. The van der Waals surface area contributed by atoms with Gasteiger partial charge in [0, 0.05) is 11.8 Å². The highest BCUT2D eigenvalue weighted by atomic mass is 16.7. The maximum Gasteiger partial charge on any atom is 0.174 e. The Hall–Kier alpha value is -1.10. The zero-order valence-corrected chi connectivity index (χ0v) is 16.0. The minimum atomic E-state index is -0.362. The molecule has 1 heterocycles. The average Bonchev–Trinajstić information content (AvgIpc) is 3.19. The first kappa shape index (κ1) is 17.0. The molecule has 3 fully saturated rings. The van der Waals surface area contributed by atoms with Gasteiger partial charge in [0.05, 0.1) is 13.2 Å². The van der Waals surface area contributed by atoms with Gasteiger partial charge in [-0.3, -0.25) is 0 Å². The van der Waals surface area contributed by atoms with Crippen LogP contribution in [0.1, 0.15) is 49.7 Å². The van der Waals surface area contributed by atoms with Crippen molar-refractivity contribution in [2.24, 2.45) is 23.2 Å². The Morgan fingerprint density at radius 3 is 2.81 bits per heavy atom. The maximum atomic E-state index is 9.89. The van der Waals surface area contributed by atoms with Gasteiger partial charge in [-0.05, 0) is 86.2 Å². The molecule has 1 aliphatic heterocycles. The van der Waals surface area contributed by atoms with Crippen LogP contribution in [0.3, 0.4) is 0 Å². The highest BCUT2D eigenvalue weighted by Crippen LogP contribution is 2.67. The zero-order valence-electron chi connectivity index (χ0n) is 16.0. The number of aromatic hydroxyl groups is 1. The summed E-state index contributed by atoms with van der Waals surface area (Å²) >= 11 is 0. The van der Waals surface area contributed by atoms with Gasteiger partial charge in [0.1, 0.15) is 5.75 Å². The van der Waals surface area contributed by atoms with Gasteiger partial charge < -0.3 is 19.9 Å². The van der Waals surface area contributed by atoms with E-state index in [1.807, 2.05) is 12.1 Å². The molecule has 4 aliphatic rings. The normalized spacial score (nSPS) is 40.2. The Morgan fingerprint density at radius 2 is 2.04 bits per heavy atom. The van der Waals surface area contributed by atoms with Crippen LogP contribution in [0.15, 0.2) is 18.2 Å². The smallest absolute Gasteiger partial charge is 0.174 e. The highest BCUT2D eigenvalue weighted by Gasteiger charge is 2.68. The number of phenolic OH excluding ortho intramolecular Hbond substituents is 1. The molecular weight excluding hydrogens is 326 g/mol. The SMILES string of the molecule is CNC[C@H]1CC2(OCCO2)[C@@]2(C)CC[C@@H]3c4ccc(O)cc4CC[C@H]3[C@H]12. The van der Waals surface area contributed by atoms with Gasteiger partial charge in [-0.15, -0.1) is 0 Å². The lowest BCUT2D eigenvalue weighted by Crippen LogP contribution is -2.52. The first-order valence-electron chi connectivity index (χ1n) is 10.3. The van der Waals surface area contributed by atoms with E-state index in [4.69, 9.17) is 9.47 Å². The predicted molar refractivity (Wildman–Crippen MR) is 100 cm³/mol. The molecule has 0 aromatic heterocycles. The van der Waals surface area contributed by atoms with Crippen LogP contribution in [-0.4, -0.2) is 37.7 Å². The third-order valence-corrected chi connectivity index (χ3v) is 8.09. The fourth-order valence-electron chi connectivity index (χ4n) is 7.20. The second-order valence-electron chi connectivity index (χ2n) is 9.15. The third kappa shape index (κ3) is 2.18. The van der Waals surface area contributed by atoms with E-state index in [1.165, 1.54) is 30.4 Å². The molecule has 3 aliphatic carbocycles. The van der Waals surface area contributed by atoms with Crippen LogP contribution in [0.4, 0.5) is 0 Å². The van der Waals surface area contributed by atoms with Gasteiger partial charge >= 0.3 is 0 Å². The van der Waals surface area contributed by atoms with Gasteiger partial charge in [-0.1, -0.05) is 13.0 Å². The molecule has 0 radical (unpaired) electrons. The van der Waals surface area contributed by atoms with Crippen LogP contribution >= 0.6 is 0 Å². The summed E-state index contributed by atoms with van der Waals surface area (Å²) in [6, 6.07) is 6.05. The van der Waals surface area contributed by atoms with E-state index in [9.17, 15) is 5.11 Å². The Labute approximate surface area is 156 Å². The van der Waals surface area contributed by atoms with Crippen LogP contribution in [0, 0.1) is 23.2 Å². The predicted octanol–water partition coefficient (Wildman–Crippen LogP) is 3.44. The van der Waals surface area contributed by atoms with Crippen LogP contribution in [0.2, 0.25) is 0 Å². The van der Waals surface area contributed by atoms with Crippen molar-refractivity contribution >= 4 is 0 Å². The highest BCUT2D eigenvalue weighted by molar-refractivity contribution is 5.40. The van der Waals surface area contributed by atoms with E-state index in [0.717, 1.165) is 32.6 Å². The van der Waals surface area contributed by atoms with E-state index < -0.39 is 0 Å². The summed E-state index contributed by atoms with van der Waals surface area (Å²) in [6.07, 6.45) is 5.70. The zero-order chi connectivity index (χ0) is 17.9. The maximum absolute atomic E-state index is 9.89. The van der Waals surface area contributed by atoms with Crippen LogP contribution in [-0.2, 0) is 15.9 Å². The van der Waals surface area contributed by atoms with E-state index in [1.54, 1.807) is 0 Å². The molecule has 1 spiro atoms. The molecule has 1 aromatic carbocycles. The number of hydrogen-bond donors (Lipinski definition) is 2. The van der Waals surface area contributed by atoms with E-state index >= 15 is 0 Å². The Bertz CT molecular complexity index is 699. The molecule has 2 N–H and O–H groups in total. The molecule has 0 unspecified atom stereocenters. The lowest BCUT2D eigenvalue weighted by molar-refractivity contribution is -0.237. The summed E-state index contributed by atoms with van der Waals surface area (Å²) in [5.74, 6) is 2.59. The number of hydrogen-bond acceptors (Lipinski definition) is 4. The molecule has 26 heavy (non-hydrogen) atoms. The van der Waals surface area contributed by atoms with Crippen molar-refractivity contribution in [1.29, 1.82) is 0 Å². The second kappa shape index (κ2) is 5.95. The van der Waals surface area contributed by atoms with Gasteiger partial charge in [-0.25, -0.2) is 0 Å². The van der Waals surface area contributed by atoms with E-state index in [0.29, 0.717) is 29.4 Å². The number of ether oxygens (including phenoxy) is 2. The fourth-order valence-corrected chi connectivity index (χ4v) is 7.20. The lowest BCUT2D eigenvalue weighted by Gasteiger charge is -2.53. The van der Waals surface area contributed by atoms with Crippen molar-refractivity contribution in [2.75, 3.05) is 26.8 Å². The number of nitrogens with one attached hydrogen (secondary N) is 1. The first-order valence-corrected chi connectivity index (χ1v) is 10.3. The summed E-state index contributed by atoms with van der Waals surface area (Å²) in [5.41, 5.74) is 2.96. The molecular formula is C22H31NO3. The summed E-state index contributed by atoms with van der Waals surface area (Å²) in [7, 11) is 2.07. The summed E-state index contributed by atoms with van der Waals surface area (Å²) in [6.45, 7) is 4.97. The topological polar surface area (TPSA) is 50.7 Å². The number of fused-ring (bicyclic) bond motifs is 6. The minimum Gasteiger partial charge on any atom is -0.508 e. The number of benzene rings is 1. The summed E-state index contributed by atoms with van der Waals surface area (Å²) in [4.78, 5) is 0. The van der Waals surface area contributed by atoms with Gasteiger partial charge in [-0.2, -0.15) is 0 Å². The van der Waals surface area contributed by atoms with Gasteiger partial charge in [0.2, 0.25) is 0 Å². The molecule has 5 rings (SSSR count).